The van der Waals surface area contributed by atoms with E-state index in [-0.39, 0.29) is 30.2 Å². The van der Waals surface area contributed by atoms with Crippen LogP contribution in [-0.4, -0.2) is 28.7 Å². The Morgan fingerprint density at radius 3 is 2.71 bits per heavy atom. The van der Waals surface area contributed by atoms with Gasteiger partial charge in [0, 0.05) is 43.6 Å². The summed E-state index contributed by atoms with van der Waals surface area (Å²) in [5, 5.41) is 10.4. The predicted octanol–water partition coefficient (Wildman–Crippen LogP) is 1.19. The van der Waals surface area contributed by atoms with Crippen LogP contribution < -0.4 is 16.1 Å². The van der Waals surface area contributed by atoms with Crippen molar-refractivity contribution in [2.45, 2.75) is 45.1 Å². The first-order chi connectivity index (χ1) is 13.4. The first-order valence-corrected chi connectivity index (χ1v) is 9.29. The maximum atomic E-state index is 12.6. The number of Topliss-reactive ketones (excluding diaryl/α,β-unsaturated/α-hetero) is 2. The number of aromatic nitrogens is 1. The van der Waals surface area contributed by atoms with Crippen molar-refractivity contribution >= 4 is 18.7 Å². The molecule has 1 aromatic heterocycles. The zero-order chi connectivity index (χ0) is 20.3. The molecule has 28 heavy (non-hydrogen) atoms. The molecule has 0 aliphatic carbocycles. The third-order valence-corrected chi connectivity index (χ3v) is 5.05. The molecule has 0 saturated carbocycles. The Bertz CT molecular complexity index is 903. The van der Waals surface area contributed by atoms with Gasteiger partial charge in [0.1, 0.15) is 11.5 Å². The van der Waals surface area contributed by atoms with Crippen molar-refractivity contribution in [3.05, 3.63) is 58.4 Å². The first kappa shape index (κ1) is 20.2. The summed E-state index contributed by atoms with van der Waals surface area (Å²) in [6, 6.07) is 7.12. The average Bonchev–Trinajstić information content (AvgIpc) is 2.67. The smallest absolute Gasteiger partial charge is 0.526 e. The van der Waals surface area contributed by atoms with E-state index in [1.54, 1.807) is 18.3 Å². The monoisotopic (exact) mass is 381 g/mol. The van der Waals surface area contributed by atoms with Crippen molar-refractivity contribution in [1.82, 2.24) is 4.98 Å². The highest BCUT2D eigenvalue weighted by Crippen LogP contribution is 2.36. The molecule has 0 unspecified atom stereocenters. The van der Waals surface area contributed by atoms with Gasteiger partial charge >= 0.3 is 7.12 Å². The van der Waals surface area contributed by atoms with E-state index in [1.807, 2.05) is 12.1 Å². The van der Waals surface area contributed by atoms with Crippen LogP contribution in [0.4, 0.5) is 0 Å². The lowest BCUT2D eigenvalue weighted by molar-refractivity contribution is -0.118. The third-order valence-electron chi connectivity index (χ3n) is 5.05. The molecule has 1 atom stereocenters. The number of pyridine rings is 1. The fraction of sp³-hybridized carbons (Fsp3) is 0.350. The third kappa shape index (κ3) is 4.30. The molecule has 7 nitrogen and oxygen atoms in total. The quantitative estimate of drug-likeness (QED) is 0.485. The Balaban J connectivity index is 1.70. The van der Waals surface area contributed by atoms with E-state index < -0.39 is 7.12 Å². The fourth-order valence-corrected chi connectivity index (χ4v) is 3.55. The second-order valence-corrected chi connectivity index (χ2v) is 7.09. The molecule has 0 fully saturated rings. The van der Waals surface area contributed by atoms with Crippen LogP contribution in [0.25, 0.3) is 0 Å². The predicted molar refractivity (Wildman–Crippen MR) is 106 cm³/mol. The molecule has 0 bridgehead atoms. The van der Waals surface area contributed by atoms with Gasteiger partial charge in [0.05, 0.1) is 5.56 Å². The molecule has 0 amide bonds. The van der Waals surface area contributed by atoms with E-state index in [1.165, 1.54) is 6.92 Å². The van der Waals surface area contributed by atoms with Crippen LogP contribution in [0.2, 0.25) is 5.82 Å². The summed E-state index contributed by atoms with van der Waals surface area (Å²) < 4.78 is 5.59. The van der Waals surface area contributed by atoms with Crippen LogP contribution in [-0.2, 0) is 30.7 Å². The molecule has 0 saturated heterocycles. The lowest BCUT2D eigenvalue weighted by Gasteiger charge is -2.28. The number of carbonyl (C=O) groups is 2. The van der Waals surface area contributed by atoms with Gasteiger partial charge in [-0.15, -0.1) is 0 Å². The van der Waals surface area contributed by atoms with E-state index in [0.29, 0.717) is 36.5 Å². The highest BCUT2D eigenvalue weighted by molar-refractivity contribution is 6.47. The first-order valence-electron chi connectivity index (χ1n) is 9.29. The molecule has 1 aromatic carbocycles. The Kier molecular flexibility index (Phi) is 6.23. The number of rotatable bonds is 7. The molecule has 5 N–H and O–H groups in total. The molecule has 1 aliphatic rings. The minimum Gasteiger partial charge on any atom is -0.535 e. The minimum atomic E-state index is -1.14. The topological polar surface area (TPSA) is 129 Å². The summed E-state index contributed by atoms with van der Waals surface area (Å²) in [7, 11) is -1.14. The Labute approximate surface area is 164 Å². The van der Waals surface area contributed by atoms with Crippen molar-refractivity contribution in [1.29, 1.82) is 0 Å². The molecule has 0 spiro atoms. The van der Waals surface area contributed by atoms with Crippen LogP contribution in [0, 0.1) is 0 Å². The van der Waals surface area contributed by atoms with Gasteiger partial charge in [-0.2, -0.15) is 0 Å². The van der Waals surface area contributed by atoms with Crippen molar-refractivity contribution in [2.24, 2.45) is 11.5 Å². The number of ketones is 2. The Morgan fingerprint density at radius 2 is 2.04 bits per heavy atom. The highest BCUT2D eigenvalue weighted by atomic mass is 16.5. The van der Waals surface area contributed by atoms with E-state index in [2.05, 4.69) is 4.98 Å². The SMILES string of the molecule is CC(=O)c1cccc2c1OB(O)[C@@H](CC(=O)Cc1cc(CN)c(CN)cn1)C2. The lowest BCUT2D eigenvalue weighted by atomic mass is 9.64. The molecule has 2 aromatic rings. The number of hydrogen-bond donors (Lipinski definition) is 3. The van der Waals surface area contributed by atoms with Gasteiger partial charge in [0.25, 0.3) is 0 Å². The maximum Gasteiger partial charge on any atom is 0.526 e. The summed E-state index contributed by atoms with van der Waals surface area (Å²) in [4.78, 5) is 28.6. The van der Waals surface area contributed by atoms with Crippen LogP contribution in [0.5, 0.6) is 5.75 Å². The molecular weight excluding hydrogens is 357 g/mol. The normalized spacial score (nSPS) is 15.7. The van der Waals surface area contributed by atoms with Gasteiger partial charge in [-0.3, -0.25) is 14.6 Å². The zero-order valence-electron chi connectivity index (χ0n) is 15.9. The number of para-hydroxylation sites is 1. The molecule has 8 heteroatoms. The van der Waals surface area contributed by atoms with E-state index >= 15 is 0 Å². The van der Waals surface area contributed by atoms with Crippen molar-refractivity contribution in [2.75, 3.05) is 0 Å². The second kappa shape index (κ2) is 8.64. The lowest BCUT2D eigenvalue weighted by Crippen LogP contribution is -2.36. The number of nitrogens with zero attached hydrogens (tertiary/aromatic N) is 1. The molecule has 0 radical (unpaired) electrons. The second-order valence-electron chi connectivity index (χ2n) is 7.09. The van der Waals surface area contributed by atoms with E-state index in [9.17, 15) is 14.6 Å². The van der Waals surface area contributed by atoms with E-state index in [0.717, 1.165) is 16.7 Å². The van der Waals surface area contributed by atoms with Crippen molar-refractivity contribution < 1.29 is 19.3 Å². The summed E-state index contributed by atoms with van der Waals surface area (Å²) in [5.41, 5.74) is 15.0. The number of carbonyl (C=O) groups excluding carboxylic acids is 2. The van der Waals surface area contributed by atoms with Gasteiger partial charge in [-0.05, 0) is 42.2 Å². The van der Waals surface area contributed by atoms with Crippen LogP contribution in [0.15, 0.2) is 30.5 Å². The number of fused-ring (bicyclic) bond motifs is 1. The number of hydrogen-bond acceptors (Lipinski definition) is 7. The van der Waals surface area contributed by atoms with Gasteiger partial charge in [-0.25, -0.2) is 0 Å². The maximum absolute atomic E-state index is 12.6. The average molecular weight is 381 g/mol. The largest absolute Gasteiger partial charge is 0.535 e. The standard InChI is InChI=1S/C20H24BN3O4/c1-12(25)19-4-2-3-13-5-16(21(27)28-20(13)19)7-18(26)8-17-6-14(9-22)15(10-23)11-24-17/h2-4,6,11,16,27H,5,7-10,22-23H2,1H3/t16-/m1/s1. The van der Waals surface area contributed by atoms with Gasteiger partial charge < -0.3 is 21.1 Å². The van der Waals surface area contributed by atoms with Crippen LogP contribution in [0.3, 0.4) is 0 Å². The summed E-state index contributed by atoms with van der Waals surface area (Å²) in [6.45, 7) is 2.14. The summed E-state index contributed by atoms with van der Waals surface area (Å²) >= 11 is 0. The van der Waals surface area contributed by atoms with Crippen LogP contribution in [0.1, 0.15) is 46.1 Å². The van der Waals surface area contributed by atoms with E-state index in [4.69, 9.17) is 16.1 Å². The molecule has 3 rings (SSSR count). The van der Waals surface area contributed by atoms with Gasteiger partial charge in [-0.1, -0.05) is 12.1 Å². The molecule has 1 aliphatic heterocycles. The molecule has 146 valence electrons. The molecular formula is C20H24BN3O4. The summed E-state index contributed by atoms with van der Waals surface area (Å²) in [5.74, 6) is -0.131. The number of benzene rings is 1. The van der Waals surface area contributed by atoms with Crippen LogP contribution >= 0.6 is 0 Å². The fourth-order valence-electron chi connectivity index (χ4n) is 3.55. The zero-order valence-corrected chi connectivity index (χ0v) is 15.9. The highest BCUT2D eigenvalue weighted by Gasteiger charge is 2.37. The number of nitrogens with two attached hydrogens (primary N) is 2. The minimum absolute atomic E-state index is 0.0465. The van der Waals surface area contributed by atoms with Crippen molar-refractivity contribution in [3.8, 4) is 5.75 Å². The molecule has 2 heterocycles. The Morgan fingerprint density at radius 1 is 1.29 bits per heavy atom. The van der Waals surface area contributed by atoms with Crippen molar-refractivity contribution in [3.63, 3.8) is 0 Å². The van der Waals surface area contributed by atoms with Gasteiger partial charge in [0.2, 0.25) is 0 Å². The Hall–Kier alpha value is -2.55. The van der Waals surface area contributed by atoms with Gasteiger partial charge in [0.15, 0.2) is 5.78 Å². The summed E-state index contributed by atoms with van der Waals surface area (Å²) in [6.07, 6.45) is 2.43.